The average Bonchev–Trinajstić information content (AvgIpc) is 3.72. The monoisotopic (exact) mass is 612 g/mol. The summed E-state index contributed by atoms with van der Waals surface area (Å²) in [5, 5.41) is 11.5. The first kappa shape index (κ1) is 31.0. The molecule has 0 atom stereocenters. The smallest absolute Gasteiger partial charge is 0.272 e. The Labute approximate surface area is 260 Å². The van der Waals surface area contributed by atoms with Gasteiger partial charge in [0.2, 0.25) is 0 Å². The van der Waals surface area contributed by atoms with Crippen molar-refractivity contribution in [2.24, 2.45) is 21.1 Å². The summed E-state index contributed by atoms with van der Waals surface area (Å²) < 4.78 is 4.81. The van der Waals surface area contributed by atoms with Crippen molar-refractivity contribution in [3.8, 4) is 0 Å². The van der Waals surface area contributed by atoms with Crippen LogP contribution in [0.3, 0.4) is 0 Å². The third kappa shape index (κ3) is 6.58. The molecule has 0 saturated carbocycles. The van der Waals surface area contributed by atoms with Gasteiger partial charge in [-0.25, -0.2) is 0 Å². The topological polar surface area (TPSA) is 152 Å². The summed E-state index contributed by atoms with van der Waals surface area (Å²) in [5.74, 6) is -1.72. The van der Waals surface area contributed by atoms with Gasteiger partial charge in [0.1, 0.15) is 17.1 Å². The van der Waals surface area contributed by atoms with Gasteiger partial charge < -0.3 is 39.9 Å². The lowest BCUT2D eigenvalue weighted by Crippen LogP contribution is -2.31. The van der Waals surface area contributed by atoms with E-state index >= 15 is 0 Å². The minimum Gasteiger partial charge on any atom is -0.367 e. The number of hydrogen-bond donors (Lipinski definition) is 4. The predicted octanol–water partition coefficient (Wildman–Crippen LogP) is 2.75. The van der Waals surface area contributed by atoms with E-state index in [0.717, 1.165) is 13.0 Å². The molecule has 3 aromatic heterocycles. The molecule has 1 aliphatic carbocycles. The van der Waals surface area contributed by atoms with Crippen molar-refractivity contribution in [2.75, 3.05) is 43.1 Å². The Morgan fingerprint density at radius 3 is 1.64 bits per heavy atom. The van der Waals surface area contributed by atoms with Gasteiger partial charge in [-0.3, -0.25) is 24.0 Å². The molecule has 4 aromatic rings. The molecule has 0 bridgehead atoms. The van der Waals surface area contributed by atoms with Crippen molar-refractivity contribution >= 4 is 46.4 Å². The molecule has 0 unspecified atom stereocenters. The summed E-state index contributed by atoms with van der Waals surface area (Å²) in [6.07, 6.45) is 5.71. The molecular formula is C32H36N8O5. The molecular weight excluding hydrogens is 576 g/mol. The van der Waals surface area contributed by atoms with E-state index in [-0.39, 0.29) is 28.9 Å². The molecule has 0 saturated heterocycles. The number of nitrogens with zero attached hydrogens (tertiary/aromatic N) is 4. The highest BCUT2D eigenvalue weighted by atomic mass is 16.2. The molecule has 13 heteroatoms. The van der Waals surface area contributed by atoms with E-state index in [1.54, 1.807) is 95.9 Å². The first-order valence-electron chi connectivity index (χ1n) is 14.4. The molecule has 1 aromatic carbocycles. The molecule has 13 nitrogen and oxygen atoms in total. The highest BCUT2D eigenvalue weighted by molar-refractivity contribution is 6.30. The van der Waals surface area contributed by atoms with Crippen LogP contribution in [0.4, 0.5) is 17.1 Å². The first-order chi connectivity index (χ1) is 21.4. The van der Waals surface area contributed by atoms with Crippen LogP contribution in [0.2, 0.25) is 0 Å². The van der Waals surface area contributed by atoms with E-state index in [4.69, 9.17) is 0 Å². The van der Waals surface area contributed by atoms with Crippen LogP contribution in [-0.2, 0) is 21.1 Å². The Morgan fingerprint density at radius 2 is 1.16 bits per heavy atom. The SMILES string of the molecule is CN(C)CCCNC(=O)c1cc(NC(=O)c2cc(NC(=O)c3cc(NC4C(=O)c5ccccc5C4=O)cn3C)cn2C)cn1C. The van der Waals surface area contributed by atoms with Gasteiger partial charge in [-0.05, 0) is 45.3 Å². The average molecular weight is 613 g/mol. The van der Waals surface area contributed by atoms with Gasteiger partial charge in [0.15, 0.2) is 17.6 Å². The van der Waals surface area contributed by atoms with Crippen LogP contribution in [0.15, 0.2) is 61.1 Å². The zero-order chi connectivity index (χ0) is 32.4. The van der Waals surface area contributed by atoms with Crippen molar-refractivity contribution < 1.29 is 24.0 Å². The summed E-state index contributed by atoms with van der Waals surface area (Å²) in [6.45, 7) is 1.40. The number of fused-ring (bicyclic) bond motifs is 1. The lowest BCUT2D eigenvalue weighted by Gasteiger charge is -2.10. The predicted molar refractivity (Wildman–Crippen MR) is 170 cm³/mol. The van der Waals surface area contributed by atoms with Crippen LogP contribution >= 0.6 is 0 Å². The molecule has 4 N–H and O–H groups in total. The van der Waals surface area contributed by atoms with E-state index in [2.05, 4.69) is 21.3 Å². The Bertz CT molecular complexity index is 1780. The first-order valence-corrected chi connectivity index (χ1v) is 14.4. The number of carbonyl (C=O) groups excluding carboxylic acids is 5. The quantitative estimate of drug-likeness (QED) is 0.150. The third-order valence-electron chi connectivity index (χ3n) is 7.59. The normalized spacial score (nSPS) is 12.8. The van der Waals surface area contributed by atoms with Crippen LogP contribution < -0.4 is 21.3 Å². The fraction of sp³-hybridized carbons (Fsp3) is 0.281. The minimum absolute atomic E-state index is 0.230. The fourth-order valence-corrected chi connectivity index (χ4v) is 5.31. The van der Waals surface area contributed by atoms with Gasteiger partial charge in [0, 0.05) is 57.4 Å². The minimum atomic E-state index is -1.06. The second-order valence-corrected chi connectivity index (χ2v) is 11.3. The van der Waals surface area contributed by atoms with Gasteiger partial charge in [0.25, 0.3) is 17.7 Å². The van der Waals surface area contributed by atoms with Crippen molar-refractivity contribution in [1.82, 2.24) is 23.9 Å². The number of benzene rings is 1. The maximum Gasteiger partial charge on any atom is 0.272 e. The maximum atomic E-state index is 13.2. The molecule has 3 heterocycles. The number of amides is 3. The molecule has 3 amide bonds. The standard InChI is InChI=1S/C32H36N8O5/c1-37(2)12-8-11-33-30(43)24-14-20(17-38(24)3)35-32(45)26-15-21(18-40(26)5)36-31(44)25-13-19(16-39(25)4)34-27-28(41)22-9-6-7-10-23(22)29(27)42/h6-7,9-10,13-18,27,34H,8,11-12H2,1-5H3,(H,33,43)(H,35,45)(H,36,44). The lowest BCUT2D eigenvalue weighted by molar-refractivity contribution is 0.0900. The van der Waals surface area contributed by atoms with Crippen LogP contribution in [0.25, 0.3) is 0 Å². The van der Waals surface area contributed by atoms with Crippen molar-refractivity contribution in [2.45, 2.75) is 12.5 Å². The molecule has 0 fully saturated rings. The lowest BCUT2D eigenvalue weighted by atomic mass is 10.1. The Morgan fingerprint density at radius 1 is 0.711 bits per heavy atom. The molecule has 45 heavy (non-hydrogen) atoms. The Kier molecular flexibility index (Phi) is 8.73. The number of rotatable bonds is 11. The molecule has 0 radical (unpaired) electrons. The number of aryl methyl sites for hydroxylation is 3. The molecule has 0 spiro atoms. The number of Topliss-reactive ketones (excluding diaryl/α,β-unsaturated/α-hetero) is 2. The van der Waals surface area contributed by atoms with Gasteiger partial charge in [-0.2, -0.15) is 0 Å². The van der Waals surface area contributed by atoms with E-state index in [1.807, 2.05) is 19.0 Å². The zero-order valence-corrected chi connectivity index (χ0v) is 25.8. The van der Waals surface area contributed by atoms with Gasteiger partial charge in [0.05, 0.1) is 17.1 Å². The molecule has 0 aliphatic heterocycles. The number of hydrogen-bond acceptors (Lipinski definition) is 7. The number of ketones is 2. The fourth-order valence-electron chi connectivity index (χ4n) is 5.31. The van der Waals surface area contributed by atoms with Crippen LogP contribution in [0, 0.1) is 0 Å². The number of anilines is 3. The van der Waals surface area contributed by atoms with Crippen LogP contribution in [-0.4, -0.2) is 81.1 Å². The highest BCUT2D eigenvalue weighted by Gasteiger charge is 2.38. The molecule has 1 aliphatic rings. The highest BCUT2D eigenvalue weighted by Crippen LogP contribution is 2.26. The zero-order valence-electron chi connectivity index (χ0n) is 25.8. The third-order valence-corrected chi connectivity index (χ3v) is 7.59. The largest absolute Gasteiger partial charge is 0.367 e. The van der Waals surface area contributed by atoms with E-state index in [1.165, 1.54) is 0 Å². The van der Waals surface area contributed by atoms with Crippen molar-refractivity contribution in [3.63, 3.8) is 0 Å². The summed E-state index contributed by atoms with van der Waals surface area (Å²) in [5.41, 5.74) is 3.03. The second kappa shape index (κ2) is 12.7. The number of nitrogens with one attached hydrogen (secondary N) is 4. The van der Waals surface area contributed by atoms with Crippen molar-refractivity contribution in [3.05, 3.63) is 89.3 Å². The maximum absolute atomic E-state index is 13.2. The van der Waals surface area contributed by atoms with E-state index in [9.17, 15) is 24.0 Å². The molecule has 234 valence electrons. The van der Waals surface area contributed by atoms with Gasteiger partial charge in [-0.15, -0.1) is 0 Å². The van der Waals surface area contributed by atoms with Crippen molar-refractivity contribution in [1.29, 1.82) is 0 Å². The van der Waals surface area contributed by atoms with Crippen LogP contribution in [0.5, 0.6) is 0 Å². The Balaban J connectivity index is 1.20. The van der Waals surface area contributed by atoms with E-state index < -0.39 is 17.9 Å². The Hall–Kier alpha value is -5.43. The number of aromatic nitrogens is 3. The summed E-state index contributed by atoms with van der Waals surface area (Å²) in [6, 6.07) is 10.3. The summed E-state index contributed by atoms with van der Waals surface area (Å²) in [4.78, 5) is 66.5. The van der Waals surface area contributed by atoms with E-state index in [0.29, 0.717) is 40.4 Å². The van der Waals surface area contributed by atoms with Gasteiger partial charge in [-0.1, -0.05) is 24.3 Å². The summed E-state index contributed by atoms with van der Waals surface area (Å²) >= 11 is 0. The number of carbonyl (C=O) groups is 5. The van der Waals surface area contributed by atoms with Crippen LogP contribution in [0.1, 0.15) is 58.6 Å². The second-order valence-electron chi connectivity index (χ2n) is 11.3. The van der Waals surface area contributed by atoms with Gasteiger partial charge >= 0.3 is 0 Å². The molecule has 5 rings (SSSR count). The summed E-state index contributed by atoms with van der Waals surface area (Å²) in [7, 11) is 9.03.